The third-order valence-electron chi connectivity index (χ3n) is 5.77. The number of hydrogen-bond acceptors (Lipinski definition) is 3. The number of nitrogens with zero attached hydrogens (tertiary/aromatic N) is 3. The third-order valence-corrected chi connectivity index (χ3v) is 5.77. The van der Waals surface area contributed by atoms with E-state index in [0.29, 0.717) is 18.7 Å². The van der Waals surface area contributed by atoms with Crippen molar-refractivity contribution in [2.45, 2.75) is 37.9 Å². The fraction of sp³-hybridized carbons (Fsp3) is 0.273. The lowest BCUT2D eigenvalue weighted by Gasteiger charge is -2.44. The molecule has 7 heteroatoms. The predicted molar refractivity (Wildman–Crippen MR) is 103 cm³/mol. The number of aryl methyl sites for hydroxylation is 1. The Morgan fingerprint density at radius 3 is 2.41 bits per heavy atom. The summed E-state index contributed by atoms with van der Waals surface area (Å²) in [6.07, 6.45) is -2.62. The average Bonchev–Trinajstić information content (AvgIpc) is 2.88. The fourth-order valence-electron chi connectivity index (χ4n) is 4.17. The molecule has 0 unspecified atom stereocenters. The third kappa shape index (κ3) is 2.70. The normalized spacial score (nSPS) is 18.2. The van der Waals surface area contributed by atoms with Gasteiger partial charge in [0.1, 0.15) is 11.4 Å². The monoisotopic (exact) mass is 397 g/mol. The Morgan fingerprint density at radius 1 is 1.17 bits per heavy atom. The smallest absolute Gasteiger partial charge is 0.312 e. The minimum Gasteiger partial charge on any atom is -0.312 e. The van der Waals surface area contributed by atoms with Crippen LogP contribution in [0, 0.1) is 18.3 Å². The van der Waals surface area contributed by atoms with E-state index in [0.717, 1.165) is 29.8 Å². The summed E-state index contributed by atoms with van der Waals surface area (Å²) < 4.78 is 40.3. The molecule has 1 spiro atoms. The van der Waals surface area contributed by atoms with Gasteiger partial charge in [0.25, 0.3) is 5.91 Å². The van der Waals surface area contributed by atoms with Crippen molar-refractivity contribution in [2.75, 3.05) is 9.80 Å². The van der Waals surface area contributed by atoms with Crippen LogP contribution >= 0.6 is 0 Å². The van der Waals surface area contributed by atoms with Gasteiger partial charge in [0.05, 0.1) is 22.9 Å². The Bertz CT molecular complexity index is 1060. The van der Waals surface area contributed by atoms with Gasteiger partial charge in [0.2, 0.25) is 0 Å². The first-order chi connectivity index (χ1) is 13.7. The summed E-state index contributed by atoms with van der Waals surface area (Å²) in [5.41, 5.74) is -0.533. The molecular weight excluding hydrogens is 379 g/mol. The van der Waals surface area contributed by atoms with Crippen LogP contribution < -0.4 is 9.80 Å². The highest BCUT2D eigenvalue weighted by Gasteiger charge is 2.59. The van der Waals surface area contributed by atoms with Gasteiger partial charge < -0.3 is 4.90 Å². The Morgan fingerprint density at radius 2 is 1.86 bits per heavy atom. The first-order valence-corrected chi connectivity index (χ1v) is 9.21. The maximum absolute atomic E-state index is 13.4. The van der Waals surface area contributed by atoms with E-state index in [1.54, 1.807) is 6.07 Å². The second kappa shape index (κ2) is 6.38. The molecule has 4 nitrogen and oxygen atoms in total. The summed E-state index contributed by atoms with van der Waals surface area (Å²) in [5, 5.41) is 9.04. The van der Waals surface area contributed by atoms with Crippen LogP contribution in [-0.4, -0.2) is 11.4 Å². The molecule has 1 saturated carbocycles. The van der Waals surface area contributed by atoms with Crippen molar-refractivity contribution in [1.82, 2.24) is 0 Å². The maximum atomic E-state index is 13.4. The van der Waals surface area contributed by atoms with Gasteiger partial charge in [-0.15, -0.1) is 0 Å². The van der Waals surface area contributed by atoms with Gasteiger partial charge in [-0.2, -0.15) is 18.4 Å². The van der Waals surface area contributed by atoms with Gasteiger partial charge >= 0.3 is 6.18 Å². The lowest BCUT2D eigenvalue weighted by atomic mass is 9.75. The zero-order valence-electron chi connectivity index (χ0n) is 15.8. The molecule has 0 aromatic heterocycles. The molecule has 0 N–H and O–H groups in total. The summed E-state index contributed by atoms with van der Waals surface area (Å²) in [6.45, 7) is 5.98. The van der Waals surface area contributed by atoms with Gasteiger partial charge in [0.15, 0.2) is 0 Å². The van der Waals surface area contributed by atoms with E-state index < -0.39 is 22.8 Å². The summed E-state index contributed by atoms with van der Waals surface area (Å²) in [5.74, 6) is 0.0386. The van der Waals surface area contributed by atoms with Crippen LogP contribution in [0.2, 0.25) is 0 Å². The molecule has 0 bridgehead atoms. The van der Waals surface area contributed by atoms with E-state index >= 15 is 0 Å². The molecule has 1 heterocycles. The highest BCUT2D eigenvalue weighted by atomic mass is 19.4. The van der Waals surface area contributed by atoms with Crippen LogP contribution in [0.5, 0.6) is 0 Å². The largest absolute Gasteiger partial charge is 0.417 e. The zero-order valence-corrected chi connectivity index (χ0v) is 15.8. The second-order valence-electron chi connectivity index (χ2n) is 7.40. The van der Waals surface area contributed by atoms with Crippen molar-refractivity contribution in [3.8, 4) is 6.07 Å². The molecule has 29 heavy (non-hydrogen) atoms. The minimum atomic E-state index is -4.70. The number of amides is 1. The number of benzene rings is 2. The van der Waals surface area contributed by atoms with E-state index in [2.05, 4.69) is 6.58 Å². The zero-order chi connectivity index (χ0) is 21.0. The van der Waals surface area contributed by atoms with E-state index in [-0.39, 0.29) is 11.6 Å². The Kier molecular flexibility index (Phi) is 4.19. The number of anilines is 2. The van der Waals surface area contributed by atoms with Gasteiger partial charge in [-0.25, -0.2) is 0 Å². The van der Waals surface area contributed by atoms with Crippen molar-refractivity contribution in [3.63, 3.8) is 0 Å². The average molecular weight is 397 g/mol. The molecule has 0 radical (unpaired) electrons. The summed E-state index contributed by atoms with van der Waals surface area (Å²) in [4.78, 5) is 16.5. The van der Waals surface area contributed by atoms with Crippen LogP contribution in [0.1, 0.15) is 36.0 Å². The van der Waals surface area contributed by atoms with Crippen molar-refractivity contribution in [2.24, 2.45) is 0 Å². The standard InChI is InChI=1S/C22H18F3N3O/c1-14-6-3-4-7-19(14)28-15(2)27(20(29)21(28)10-5-11-21)17-9-8-16(13-26)18(12-17)22(23,24)25/h3-4,6-9,12H,2,5,10-11H2,1H3. The van der Waals surface area contributed by atoms with E-state index in [1.807, 2.05) is 36.1 Å². The Hall–Kier alpha value is -3.27. The number of rotatable bonds is 2. The molecule has 2 aromatic rings. The molecular formula is C22H18F3N3O. The number of nitriles is 1. The maximum Gasteiger partial charge on any atom is 0.417 e. The van der Waals surface area contributed by atoms with E-state index in [1.165, 1.54) is 11.0 Å². The number of carbonyl (C=O) groups is 1. The number of carbonyl (C=O) groups excluding carboxylic acids is 1. The predicted octanol–water partition coefficient (Wildman–Crippen LogP) is 5.13. The van der Waals surface area contributed by atoms with Gasteiger partial charge in [-0.05, 0) is 56.0 Å². The van der Waals surface area contributed by atoms with Crippen LogP contribution in [0.3, 0.4) is 0 Å². The molecule has 2 aliphatic rings. The molecule has 2 fully saturated rings. The topological polar surface area (TPSA) is 47.3 Å². The van der Waals surface area contributed by atoms with Crippen molar-refractivity contribution < 1.29 is 18.0 Å². The quantitative estimate of drug-likeness (QED) is 0.706. The van der Waals surface area contributed by atoms with Gasteiger partial charge in [0, 0.05) is 5.69 Å². The number of alkyl halides is 3. The van der Waals surface area contributed by atoms with E-state index in [4.69, 9.17) is 5.26 Å². The lowest BCUT2D eigenvalue weighted by molar-refractivity contribution is -0.137. The highest BCUT2D eigenvalue weighted by molar-refractivity contribution is 6.11. The second-order valence-corrected chi connectivity index (χ2v) is 7.40. The molecule has 1 saturated heterocycles. The molecule has 1 amide bonds. The van der Waals surface area contributed by atoms with Gasteiger partial charge in [-0.1, -0.05) is 24.8 Å². The molecule has 4 rings (SSSR count). The Labute approximate surface area is 166 Å². The number of hydrogen-bond donors (Lipinski definition) is 0. The SMILES string of the molecule is C=C1N(c2ccc(C#N)c(C(F)(F)F)c2)C(=O)C2(CCC2)N1c1ccccc1C. The van der Waals surface area contributed by atoms with Crippen molar-refractivity contribution >= 4 is 17.3 Å². The van der Waals surface area contributed by atoms with Gasteiger partial charge in [-0.3, -0.25) is 9.69 Å². The van der Waals surface area contributed by atoms with Crippen LogP contribution in [-0.2, 0) is 11.0 Å². The lowest BCUT2D eigenvalue weighted by Crippen LogP contribution is -2.54. The summed E-state index contributed by atoms with van der Waals surface area (Å²) >= 11 is 0. The van der Waals surface area contributed by atoms with E-state index in [9.17, 15) is 18.0 Å². The number of para-hydroxylation sites is 1. The first kappa shape index (κ1) is 19.1. The van der Waals surface area contributed by atoms with Crippen molar-refractivity contribution in [1.29, 1.82) is 5.26 Å². The number of halogens is 3. The van der Waals surface area contributed by atoms with Crippen molar-refractivity contribution in [3.05, 3.63) is 71.6 Å². The van der Waals surface area contributed by atoms with Crippen LogP contribution in [0.4, 0.5) is 24.5 Å². The molecule has 2 aromatic carbocycles. The Balaban J connectivity index is 1.85. The van der Waals surface area contributed by atoms with Crippen LogP contribution in [0.25, 0.3) is 0 Å². The highest BCUT2D eigenvalue weighted by Crippen LogP contribution is 2.51. The molecule has 148 valence electrons. The van der Waals surface area contributed by atoms with Crippen LogP contribution in [0.15, 0.2) is 54.9 Å². The molecule has 0 atom stereocenters. The summed E-state index contributed by atoms with van der Waals surface area (Å²) in [6, 6.07) is 12.4. The first-order valence-electron chi connectivity index (χ1n) is 9.21. The molecule has 1 aliphatic heterocycles. The summed E-state index contributed by atoms with van der Waals surface area (Å²) in [7, 11) is 0. The molecule has 1 aliphatic carbocycles. The minimum absolute atomic E-state index is 0.0636. The fourth-order valence-corrected chi connectivity index (χ4v) is 4.17.